The highest BCUT2D eigenvalue weighted by Gasteiger charge is 2.10. The molecule has 0 aliphatic rings. The second-order valence-corrected chi connectivity index (χ2v) is 4.12. The smallest absolute Gasteiger partial charge is 0.124 e. The minimum absolute atomic E-state index is 0.293. The summed E-state index contributed by atoms with van der Waals surface area (Å²) in [7, 11) is 0. The summed E-state index contributed by atoms with van der Waals surface area (Å²) in [6, 6.07) is 6.59. The molecule has 1 aromatic rings. The molecule has 0 heterocycles. The molecule has 0 radical (unpaired) electrons. The van der Waals surface area contributed by atoms with Crippen LogP contribution < -0.4 is 10.1 Å². The summed E-state index contributed by atoms with van der Waals surface area (Å²) in [5.74, 6) is 3.52. The van der Waals surface area contributed by atoms with Gasteiger partial charge in [0, 0.05) is 18.0 Å². The molecule has 1 aromatic carbocycles. The van der Waals surface area contributed by atoms with Gasteiger partial charge in [-0.05, 0) is 32.0 Å². The zero-order valence-corrected chi connectivity index (χ0v) is 10.9. The molecule has 1 rings (SSSR count). The molecular weight excluding hydrogens is 210 g/mol. The molecule has 1 atom stereocenters. The van der Waals surface area contributed by atoms with Crippen LogP contribution >= 0.6 is 0 Å². The van der Waals surface area contributed by atoms with E-state index in [1.165, 1.54) is 11.1 Å². The highest BCUT2D eigenvalue weighted by Crippen LogP contribution is 2.26. The van der Waals surface area contributed by atoms with Crippen LogP contribution in [0.3, 0.4) is 0 Å². The normalized spacial score (nSPS) is 11.9. The van der Waals surface area contributed by atoms with Crippen LogP contribution in [0.15, 0.2) is 18.2 Å². The van der Waals surface area contributed by atoms with Gasteiger partial charge in [-0.1, -0.05) is 19.1 Å². The van der Waals surface area contributed by atoms with E-state index in [1.54, 1.807) is 0 Å². The average Bonchev–Trinajstić information content (AvgIpc) is 2.30. The van der Waals surface area contributed by atoms with Crippen molar-refractivity contribution in [1.82, 2.24) is 5.32 Å². The van der Waals surface area contributed by atoms with E-state index < -0.39 is 0 Å². The highest BCUT2D eigenvalue weighted by molar-refractivity contribution is 5.39. The van der Waals surface area contributed by atoms with Gasteiger partial charge in [0.15, 0.2) is 0 Å². The van der Waals surface area contributed by atoms with E-state index in [4.69, 9.17) is 11.2 Å². The molecular formula is C15H21NO. The predicted molar refractivity (Wildman–Crippen MR) is 72.2 cm³/mol. The summed E-state index contributed by atoms with van der Waals surface area (Å²) in [6.45, 7) is 7.83. The minimum Gasteiger partial charge on any atom is -0.492 e. The average molecular weight is 231 g/mol. The maximum atomic E-state index is 5.74. The van der Waals surface area contributed by atoms with Crippen molar-refractivity contribution in [2.75, 3.05) is 13.2 Å². The van der Waals surface area contributed by atoms with Crippen molar-refractivity contribution in [2.45, 2.75) is 33.2 Å². The van der Waals surface area contributed by atoms with E-state index >= 15 is 0 Å². The van der Waals surface area contributed by atoms with Gasteiger partial charge in [-0.15, -0.1) is 12.3 Å². The summed E-state index contributed by atoms with van der Waals surface area (Å²) in [4.78, 5) is 0. The van der Waals surface area contributed by atoms with E-state index in [0.29, 0.717) is 19.1 Å². The third-order valence-electron chi connectivity index (χ3n) is 2.65. The second kappa shape index (κ2) is 6.98. The molecule has 17 heavy (non-hydrogen) atoms. The van der Waals surface area contributed by atoms with Crippen molar-refractivity contribution in [3.63, 3.8) is 0 Å². The number of hydrogen-bond acceptors (Lipinski definition) is 2. The van der Waals surface area contributed by atoms with Gasteiger partial charge >= 0.3 is 0 Å². The van der Waals surface area contributed by atoms with Crippen molar-refractivity contribution in [3.8, 4) is 18.1 Å². The molecule has 0 bridgehead atoms. The molecule has 2 nitrogen and oxygen atoms in total. The Morgan fingerprint density at radius 1 is 1.47 bits per heavy atom. The fourth-order valence-corrected chi connectivity index (χ4v) is 1.76. The Kier molecular flexibility index (Phi) is 5.59. The molecule has 0 aliphatic carbocycles. The van der Waals surface area contributed by atoms with Gasteiger partial charge in [0.25, 0.3) is 0 Å². The maximum Gasteiger partial charge on any atom is 0.124 e. The molecule has 0 saturated heterocycles. The fraction of sp³-hybridized carbons (Fsp3) is 0.467. The highest BCUT2D eigenvalue weighted by atomic mass is 16.5. The summed E-state index contributed by atoms with van der Waals surface area (Å²) >= 11 is 0. The lowest BCUT2D eigenvalue weighted by molar-refractivity contribution is 0.320. The molecule has 0 fully saturated rings. The second-order valence-electron chi connectivity index (χ2n) is 4.12. The Labute approximate surface area is 104 Å². The van der Waals surface area contributed by atoms with Crippen LogP contribution in [0.2, 0.25) is 0 Å². The molecule has 0 amide bonds. The van der Waals surface area contributed by atoms with E-state index in [1.807, 2.05) is 0 Å². The van der Waals surface area contributed by atoms with Crippen LogP contribution in [0.5, 0.6) is 5.75 Å². The molecule has 2 heteroatoms. The molecule has 0 saturated carbocycles. The van der Waals surface area contributed by atoms with Crippen LogP contribution in [0, 0.1) is 19.3 Å². The van der Waals surface area contributed by atoms with Crippen molar-refractivity contribution in [1.29, 1.82) is 0 Å². The van der Waals surface area contributed by atoms with Crippen molar-refractivity contribution in [3.05, 3.63) is 29.3 Å². The lowest BCUT2D eigenvalue weighted by Crippen LogP contribution is -2.18. The fourth-order valence-electron chi connectivity index (χ4n) is 1.76. The SMILES string of the molecule is C#CCCOc1cc(C)ccc1C(C)NCC. The first-order valence-corrected chi connectivity index (χ1v) is 6.09. The zero-order valence-electron chi connectivity index (χ0n) is 10.9. The first-order chi connectivity index (χ1) is 8.19. The van der Waals surface area contributed by atoms with Crippen LogP contribution in [0.25, 0.3) is 0 Å². The summed E-state index contributed by atoms with van der Waals surface area (Å²) < 4.78 is 5.74. The topological polar surface area (TPSA) is 21.3 Å². The van der Waals surface area contributed by atoms with Gasteiger partial charge in [-0.2, -0.15) is 0 Å². The number of nitrogens with one attached hydrogen (secondary N) is 1. The monoisotopic (exact) mass is 231 g/mol. The Hall–Kier alpha value is -1.46. The predicted octanol–water partition coefficient (Wildman–Crippen LogP) is 3.07. The maximum absolute atomic E-state index is 5.74. The zero-order chi connectivity index (χ0) is 12.7. The Morgan fingerprint density at radius 2 is 2.24 bits per heavy atom. The van der Waals surface area contributed by atoms with E-state index in [2.05, 4.69) is 50.2 Å². The van der Waals surface area contributed by atoms with E-state index in [9.17, 15) is 0 Å². The van der Waals surface area contributed by atoms with Gasteiger partial charge in [0.2, 0.25) is 0 Å². The van der Waals surface area contributed by atoms with Gasteiger partial charge in [-0.25, -0.2) is 0 Å². The number of benzene rings is 1. The Morgan fingerprint density at radius 3 is 2.88 bits per heavy atom. The minimum atomic E-state index is 0.293. The third-order valence-corrected chi connectivity index (χ3v) is 2.65. The molecule has 92 valence electrons. The van der Waals surface area contributed by atoms with E-state index in [-0.39, 0.29) is 0 Å². The summed E-state index contributed by atoms with van der Waals surface area (Å²) in [5.41, 5.74) is 2.39. The van der Waals surface area contributed by atoms with Gasteiger partial charge in [0.05, 0.1) is 6.61 Å². The number of aryl methyl sites for hydroxylation is 1. The number of hydrogen-bond donors (Lipinski definition) is 1. The Bertz CT molecular complexity index is 392. The number of ether oxygens (including phenoxy) is 1. The summed E-state index contributed by atoms with van der Waals surface area (Å²) in [5, 5.41) is 3.39. The molecule has 0 aromatic heterocycles. The first-order valence-electron chi connectivity index (χ1n) is 6.09. The standard InChI is InChI=1S/C15H21NO/c1-5-7-10-17-15-11-12(3)8-9-14(15)13(4)16-6-2/h1,8-9,11,13,16H,6-7,10H2,2-4H3. The largest absolute Gasteiger partial charge is 0.492 e. The van der Waals surface area contributed by atoms with Crippen LogP contribution in [-0.4, -0.2) is 13.2 Å². The molecule has 0 spiro atoms. The van der Waals surface area contributed by atoms with Crippen LogP contribution in [0.4, 0.5) is 0 Å². The quantitative estimate of drug-likeness (QED) is 0.600. The lowest BCUT2D eigenvalue weighted by atomic mass is 10.0. The third kappa shape index (κ3) is 4.13. The van der Waals surface area contributed by atoms with Gasteiger partial charge < -0.3 is 10.1 Å². The number of terminal acetylenes is 1. The molecule has 1 N–H and O–H groups in total. The molecule has 1 unspecified atom stereocenters. The first kappa shape index (κ1) is 13.6. The van der Waals surface area contributed by atoms with Crippen LogP contribution in [0.1, 0.15) is 37.4 Å². The Balaban J connectivity index is 2.84. The van der Waals surface area contributed by atoms with Crippen molar-refractivity contribution in [2.24, 2.45) is 0 Å². The van der Waals surface area contributed by atoms with Crippen LogP contribution in [-0.2, 0) is 0 Å². The number of rotatable bonds is 6. The van der Waals surface area contributed by atoms with Crippen molar-refractivity contribution >= 4 is 0 Å². The van der Waals surface area contributed by atoms with E-state index in [0.717, 1.165) is 12.3 Å². The van der Waals surface area contributed by atoms with Gasteiger partial charge in [0.1, 0.15) is 5.75 Å². The summed E-state index contributed by atoms with van der Waals surface area (Å²) in [6.07, 6.45) is 5.87. The molecule has 0 aliphatic heterocycles. The lowest BCUT2D eigenvalue weighted by Gasteiger charge is -2.18. The van der Waals surface area contributed by atoms with Gasteiger partial charge in [-0.3, -0.25) is 0 Å². The van der Waals surface area contributed by atoms with Crippen molar-refractivity contribution < 1.29 is 4.74 Å².